The van der Waals surface area contributed by atoms with Crippen LogP contribution in [-0.2, 0) is 9.53 Å². The van der Waals surface area contributed by atoms with Crippen LogP contribution in [0.2, 0.25) is 0 Å². The average molecular weight is 237 g/mol. The smallest absolute Gasteiger partial charge is 0.253 e. The lowest BCUT2D eigenvalue weighted by atomic mass is 10.2. The van der Waals surface area contributed by atoms with Gasteiger partial charge in [0.25, 0.3) is 5.91 Å². The van der Waals surface area contributed by atoms with Crippen LogP contribution in [0.1, 0.15) is 0 Å². The topological polar surface area (TPSA) is 48.0 Å². The molecule has 1 aromatic carbocycles. The predicted octanol–water partition coefficient (Wildman–Crippen LogP) is 1.07. The number of nitrogens with zero attached hydrogens (tertiary/aromatic N) is 1. The Morgan fingerprint density at radius 3 is 2.65 bits per heavy atom. The molecule has 92 valence electrons. The van der Waals surface area contributed by atoms with Gasteiger partial charge in [-0.25, -0.2) is 0 Å². The van der Waals surface area contributed by atoms with Crippen molar-refractivity contribution in [2.75, 3.05) is 38.9 Å². The fraction of sp³-hybridized carbons (Fsp3) is 0.417. The van der Waals surface area contributed by atoms with Gasteiger partial charge in [0.2, 0.25) is 0 Å². The summed E-state index contributed by atoms with van der Waals surface area (Å²) in [4.78, 5) is 13.4. The van der Waals surface area contributed by atoms with Crippen molar-refractivity contribution >= 4 is 11.6 Å². The molecule has 1 saturated heterocycles. The Labute approximate surface area is 99.9 Å². The SMILES string of the molecule is COc1ccc(N2CCOCC2=O)cc1OC. The standard InChI is InChI=1S/C12H15NO4/c1-15-10-4-3-9(7-11(10)16-2)13-5-6-17-8-12(13)14/h3-4,7H,5-6,8H2,1-2H3. The molecule has 5 nitrogen and oxygen atoms in total. The number of anilines is 1. The molecule has 17 heavy (non-hydrogen) atoms. The van der Waals surface area contributed by atoms with E-state index in [0.717, 1.165) is 5.69 Å². The van der Waals surface area contributed by atoms with Crippen LogP contribution >= 0.6 is 0 Å². The van der Waals surface area contributed by atoms with Crippen molar-refractivity contribution in [3.63, 3.8) is 0 Å². The molecule has 2 rings (SSSR count). The molecule has 1 amide bonds. The van der Waals surface area contributed by atoms with Gasteiger partial charge in [-0.15, -0.1) is 0 Å². The van der Waals surface area contributed by atoms with E-state index in [9.17, 15) is 4.79 Å². The number of benzene rings is 1. The summed E-state index contributed by atoms with van der Waals surface area (Å²) < 4.78 is 15.4. The van der Waals surface area contributed by atoms with Crippen LogP contribution in [-0.4, -0.2) is 39.9 Å². The minimum absolute atomic E-state index is 0.0385. The highest BCUT2D eigenvalue weighted by Gasteiger charge is 2.21. The Morgan fingerprint density at radius 1 is 1.24 bits per heavy atom. The van der Waals surface area contributed by atoms with E-state index in [-0.39, 0.29) is 12.5 Å². The molecule has 1 aromatic rings. The number of hydrogen-bond donors (Lipinski definition) is 0. The first-order valence-corrected chi connectivity index (χ1v) is 5.36. The second-order valence-electron chi connectivity index (χ2n) is 3.64. The molecule has 0 aromatic heterocycles. The van der Waals surface area contributed by atoms with Crippen LogP contribution in [0.25, 0.3) is 0 Å². The van der Waals surface area contributed by atoms with Crippen LogP contribution < -0.4 is 14.4 Å². The van der Waals surface area contributed by atoms with Crippen molar-refractivity contribution in [2.45, 2.75) is 0 Å². The van der Waals surface area contributed by atoms with E-state index < -0.39 is 0 Å². The highest BCUT2D eigenvalue weighted by molar-refractivity contribution is 5.95. The first-order valence-electron chi connectivity index (χ1n) is 5.36. The number of carbonyl (C=O) groups excluding carboxylic acids is 1. The Morgan fingerprint density at radius 2 is 2.00 bits per heavy atom. The van der Waals surface area contributed by atoms with Gasteiger partial charge in [0.15, 0.2) is 11.5 Å². The molecule has 1 aliphatic rings. The number of carbonyl (C=O) groups is 1. The van der Waals surface area contributed by atoms with Crippen molar-refractivity contribution in [1.29, 1.82) is 0 Å². The fourth-order valence-corrected chi connectivity index (χ4v) is 1.78. The summed E-state index contributed by atoms with van der Waals surface area (Å²) in [6.45, 7) is 1.25. The van der Waals surface area contributed by atoms with Crippen LogP contribution in [0, 0.1) is 0 Å². The van der Waals surface area contributed by atoms with E-state index in [0.29, 0.717) is 24.7 Å². The normalized spacial score (nSPS) is 15.9. The van der Waals surface area contributed by atoms with Crippen LogP contribution in [0.4, 0.5) is 5.69 Å². The molecule has 1 fully saturated rings. The Bertz CT molecular complexity index is 419. The van der Waals surface area contributed by atoms with Gasteiger partial charge in [-0.05, 0) is 12.1 Å². The number of amides is 1. The first kappa shape index (κ1) is 11.7. The molecular weight excluding hydrogens is 222 g/mol. The summed E-state index contributed by atoms with van der Waals surface area (Å²) in [5.74, 6) is 1.23. The zero-order chi connectivity index (χ0) is 12.3. The van der Waals surface area contributed by atoms with Gasteiger partial charge in [0, 0.05) is 18.3 Å². The highest BCUT2D eigenvalue weighted by Crippen LogP contribution is 2.31. The number of rotatable bonds is 3. The highest BCUT2D eigenvalue weighted by atomic mass is 16.5. The predicted molar refractivity (Wildman–Crippen MR) is 62.7 cm³/mol. The lowest BCUT2D eigenvalue weighted by Gasteiger charge is -2.27. The summed E-state index contributed by atoms with van der Waals surface area (Å²) in [5, 5.41) is 0. The van der Waals surface area contributed by atoms with Crippen molar-refractivity contribution in [3.8, 4) is 11.5 Å². The Balaban J connectivity index is 2.29. The third kappa shape index (κ3) is 2.34. The molecule has 0 bridgehead atoms. The Hall–Kier alpha value is -1.75. The van der Waals surface area contributed by atoms with E-state index in [1.807, 2.05) is 6.07 Å². The van der Waals surface area contributed by atoms with E-state index in [1.54, 1.807) is 31.3 Å². The minimum atomic E-state index is -0.0385. The molecule has 5 heteroatoms. The van der Waals surface area contributed by atoms with E-state index in [4.69, 9.17) is 14.2 Å². The van der Waals surface area contributed by atoms with Crippen molar-refractivity contribution in [2.24, 2.45) is 0 Å². The molecule has 0 radical (unpaired) electrons. The molecular formula is C12H15NO4. The van der Waals surface area contributed by atoms with Crippen molar-refractivity contribution in [1.82, 2.24) is 0 Å². The van der Waals surface area contributed by atoms with Gasteiger partial charge in [0.05, 0.1) is 20.8 Å². The van der Waals surface area contributed by atoms with Crippen LogP contribution in [0.15, 0.2) is 18.2 Å². The molecule has 1 aliphatic heterocycles. The quantitative estimate of drug-likeness (QED) is 0.789. The average Bonchev–Trinajstić information content (AvgIpc) is 2.38. The van der Waals surface area contributed by atoms with Gasteiger partial charge < -0.3 is 19.1 Å². The Kier molecular flexibility index (Phi) is 3.49. The summed E-state index contributed by atoms with van der Waals surface area (Å²) in [5.41, 5.74) is 0.802. The van der Waals surface area contributed by atoms with E-state index >= 15 is 0 Å². The summed E-state index contributed by atoms with van der Waals surface area (Å²) in [6.07, 6.45) is 0. The fourth-order valence-electron chi connectivity index (χ4n) is 1.78. The summed E-state index contributed by atoms with van der Waals surface area (Å²) in [7, 11) is 3.15. The molecule has 0 spiro atoms. The molecule has 0 saturated carbocycles. The van der Waals surface area contributed by atoms with Gasteiger partial charge in [-0.1, -0.05) is 0 Å². The number of hydrogen-bond acceptors (Lipinski definition) is 4. The van der Waals surface area contributed by atoms with E-state index in [2.05, 4.69) is 0 Å². The summed E-state index contributed by atoms with van der Waals surface area (Å²) in [6, 6.07) is 5.42. The lowest BCUT2D eigenvalue weighted by molar-refractivity contribution is -0.125. The molecule has 0 aliphatic carbocycles. The maximum Gasteiger partial charge on any atom is 0.253 e. The zero-order valence-electron chi connectivity index (χ0n) is 9.93. The second-order valence-corrected chi connectivity index (χ2v) is 3.64. The minimum Gasteiger partial charge on any atom is -0.493 e. The first-order chi connectivity index (χ1) is 8.26. The molecule has 1 heterocycles. The lowest BCUT2D eigenvalue weighted by Crippen LogP contribution is -2.41. The second kappa shape index (κ2) is 5.05. The van der Waals surface area contributed by atoms with Crippen molar-refractivity contribution in [3.05, 3.63) is 18.2 Å². The summed E-state index contributed by atoms with van der Waals surface area (Å²) >= 11 is 0. The molecule has 0 unspecified atom stereocenters. The largest absolute Gasteiger partial charge is 0.493 e. The van der Waals surface area contributed by atoms with Crippen LogP contribution in [0.3, 0.4) is 0 Å². The van der Waals surface area contributed by atoms with E-state index in [1.165, 1.54) is 0 Å². The number of methoxy groups -OCH3 is 2. The monoisotopic (exact) mass is 237 g/mol. The third-order valence-corrected chi connectivity index (χ3v) is 2.66. The molecule has 0 atom stereocenters. The number of morpholine rings is 1. The maximum absolute atomic E-state index is 11.7. The van der Waals surface area contributed by atoms with Crippen molar-refractivity contribution < 1.29 is 19.0 Å². The van der Waals surface area contributed by atoms with Gasteiger partial charge in [-0.3, -0.25) is 4.79 Å². The third-order valence-electron chi connectivity index (χ3n) is 2.66. The number of ether oxygens (including phenoxy) is 3. The van der Waals surface area contributed by atoms with Gasteiger partial charge in [-0.2, -0.15) is 0 Å². The van der Waals surface area contributed by atoms with Crippen LogP contribution in [0.5, 0.6) is 11.5 Å². The van der Waals surface area contributed by atoms with Gasteiger partial charge >= 0.3 is 0 Å². The zero-order valence-corrected chi connectivity index (χ0v) is 9.93. The molecule has 0 N–H and O–H groups in total. The van der Waals surface area contributed by atoms with Gasteiger partial charge in [0.1, 0.15) is 6.61 Å². The maximum atomic E-state index is 11.7.